The molecule has 3 fully saturated rings. The van der Waals surface area contributed by atoms with Crippen molar-refractivity contribution in [3.8, 4) is 0 Å². The Kier molecular flexibility index (Phi) is 9.74. The smallest absolute Gasteiger partial charge is 0.225 e. The summed E-state index contributed by atoms with van der Waals surface area (Å²) in [5, 5.41) is 0. The normalized spacial score (nSPS) is 21.4. The lowest BCUT2D eigenvalue weighted by Gasteiger charge is -2.40. The van der Waals surface area contributed by atoms with E-state index in [1.54, 1.807) is 0 Å². The summed E-state index contributed by atoms with van der Waals surface area (Å²) in [6.07, 6.45) is 2.54. The van der Waals surface area contributed by atoms with Gasteiger partial charge in [-0.05, 0) is 19.9 Å². The lowest BCUT2D eigenvalue weighted by atomic mass is 10.1. The van der Waals surface area contributed by atoms with Crippen molar-refractivity contribution in [1.29, 1.82) is 0 Å². The van der Waals surface area contributed by atoms with Crippen molar-refractivity contribution in [3.63, 3.8) is 0 Å². The van der Waals surface area contributed by atoms with Crippen LogP contribution in [0.3, 0.4) is 0 Å². The van der Waals surface area contributed by atoms with E-state index in [4.69, 9.17) is 4.74 Å². The molecule has 0 aromatic carbocycles. The molecule has 6 nitrogen and oxygen atoms in total. The number of amides is 2. The lowest BCUT2D eigenvalue weighted by molar-refractivity contribution is -0.138. The van der Waals surface area contributed by atoms with Gasteiger partial charge in [0.15, 0.2) is 0 Å². The number of carbonyl (C=O) groups is 2. The molecule has 2 amide bonds. The Bertz CT molecular complexity index is 469. The summed E-state index contributed by atoms with van der Waals surface area (Å²) < 4.78 is 5.14. The van der Waals surface area contributed by atoms with Gasteiger partial charge in [-0.25, -0.2) is 0 Å². The highest BCUT2D eigenvalue weighted by atomic mass is 16.5. The number of hydrogen-bond acceptors (Lipinski definition) is 4. The predicted molar refractivity (Wildman–Crippen MR) is 110 cm³/mol. The van der Waals surface area contributed by atoms with Crippen molar-refractivity contribution in [3.05, 3.63) is 0 Å². The topological polar surface area (TPSA) is 53.1 Å². The standard InChI is InChI=1S/C11H20N2O.C8H15NO2.C2H6/c1-9(2)10(14)13-7-6-12(3)11(8-13)4-5-11;1-7(2)8(10)9-3-5-11-6-4-9;1-2/h9H,4-8H2,1-3H3;7H,3-6H2,1-2H3;1-2H3. The summed E-state index contributed by atoms with van der Waals surface area (Å²) in [6.45, 7) is 17.6. The first kappa shape index (κ1) is 23.9. The molecule has 1 aliphatic carbocycles. The third-order valence-corrected chi connectivity index (χ3v) is 5.45. The van der Waals surface area contributed by atoms with Crippen LogP contribution in [0.1, 0.15) is 54.4 Å². The van der Waals surface area contributed by atoms with E-state index in [-0.39, 0.29) is 17.7 Å². The number of ether oxygens (including phenoxy) is 1. The maximum absolute atomic E-state index is 11.8. The Morgan fingerprint density at radius 3 is 1.74 bits per heavy atom. The third-order valence-electron chi connectivity index (χ3n) is 5.45. The van der Waals surface area contributed by atoms with E-state index in [1.807, 2.05) is 46.4 Å². The van der Waals surface area contributed by atoms with Crippen LogP contribution in [-0.4, -0.2) is 85.0 Å². The Morgan fingerprint density at radius 1 is 0.815 bits per heavy atom. The van der Waals surface area contributed by atoms with Crippen LogP contribution in [0, 0.1) is 11.8 Å². The molecular weight excluding hydrogens is 342 g/mol. The maximum atomic E-state index is 11.8. The van der Waals surface area contributed by atoms with E-state index in [2.05, 4.69) is 16.8 Å². The summed E-state index contributed by atoms with van der Waals surface area (Å²) in [4.78, 5) is 29.5. The molecule has 2 saturated heterocycles. The minimum absolute atomic E-state index is 0.119. The van der Waals surface area contributed by atoms with Crippen LogP contribution < -0.4 is 0 Å². The second kappa shape index (κ2) is 11.0. The Morgan fingerprint density at radius 2 is 1.30 bits per heavy atom. The highest BCUT2D eigenvalue weighted by molar-refractivity contribution is 5.78. The van der Waals surface area contributed by atoms with Gasteiger partial charge in [0.1, 0.15) is 0 Å². The van der Waals surface area contributed by atoms with E-state index >= 15 is 0 Å². The van der Waals surface area contributed by atoms with Gasteiger partial charge in [0.25, 0.3) is 0 Å². The van der Waals surface area contributed by atoms with E-state index in [9.17, 15) is 9.59 Å². The van der Waals surface area contributed by atoms with Gasteiger partial charge in [-0.1, -0.05) is 41.5 Å². The Balaban J connectivity index is 0.000000254. The van der Waals surface area contributed by atoms with E-state index in [0.717, 1.165) is 32.7 Å². The molecule has 3 rings (SSSR count). The zero-order chi connectivity index (χ0) is 20.6. The summed E-state index contributed by atoms with van der Waals surface area (Å²) in [7, 11) is 2.18. The Labute approximate surface area is 166 Å². The first-order valence-electron chi connectivity index (χ1n) is 10.6. The SMILES string of the molecule is CC.CC(C)C(=O)N1CCN(C)C2(CC2)C1.CC(C)C(=O)N1CCOCC1. The quantitative estimate of drug-likeness (QED) is 0.735. The van der Waals surface area contributed by atoms with Crippen molar-refractivity contribution < 1.29 is 14.3 Å². The van der Waals surface area contributed by atoms with Crippen LogP contribution >= 0.6 is 0 Å². The van der Waals surface area contributed by atoms with Crippen LogP contribution in [0.15, 0.2) is 0 Å². The zero-order valence-electron chi connectivity index (χ0n) is 18.6. The molecule has 6 heteroatoms. The average molecular weight is 384 g/mol. The first-order valence-corrected chi connectivity index (χ1v) is 10.6. The van der Waals surface area contributed by atoms with Crippen molar-refractivity contribution in [1.82, 2.24) is 14.7 Å². The van der Waals surface area contributed by atoms with Crippen LogP contribution in [0.2, 0.25) is 0 Å². The zero-order valence-corrected chi connectivity index (χ0v) is 18.6. The predicted octanol–water partition coefficient (Wildman–Crippen LogP) is 2.48. The molecule has 0 radical (unpaired) electrons. The number of piperazine rings is 1. The molecule has 1 spiro atoms. The minimum Gasteiger partial charge on any atom is -0.378 e. The van der Waals surface area contributed by atoms with Gasteiger partial charge in [-0.15, -0.1) is 0 Å². The van der Waals surface area contributed by atoms with Gasteiger partial charge in [0.05, 0.1) is 13.2 Å². The average Bonchev–Trinajstić information content (AvgIpc) is 3.46. The molecule has 0 aromatic rings. The van der Waals surface area contributed by atoms with Crippen molar-refractivity contribution >= 4 is 11.8 Å². The third kappa shape index (κ3) is 6.75. The Hall–Kier alpha value is -1.14. The molecule has 0 N–H and O–H groups in total. The molecule has 27 heavy (non-hydrogen) atoms. The van der Waals surface area contributed by atoms with E-state index in [0.29, 0.717) is 24.7 Å². The van der Waals surface area contributed by atoms with Crippen LogP contribution in [0.25, 0.3) is 0 Å². The van der Waals surface area contributed by atoms with Gasteiger partial charge in [-0.3, -0.25) is 14.5 Å². The van der Waals surface area contributed by atoms with Crippen molar-refractivity contribution in [2.75, 3.05) is 53.0 Å². The van der Waals surface area contributed by atoms with E-state index < -0.39 is 0 Å². The fourth-order valence-electron chi connectivity index (χ4n) is 3.45. The number of morpholine rings is 1. The molecule has 0 atom stereocenters. The second-order valence-corrected chi connectivity index (χ2v) is 8.15. The molecule has 1 saturated carbocycles. The van der Waals surface area contributed by atoms with Crippen molar-refractivity contribution in [2.45, 2.75) is 59.9 Å². The van der Waals surface area contributed by atoms with Gasteiger partial charge in [-0.2, -0.15) is 0 Å². The number of rotatable bonds is 2. The molecule has 2 aliphatic heterocycles. The van der Waals surface area contributed by atoms with Crippen LogP contribution in [-0.2, 0) is 14.3 Å². The monoisotopic (exact) mass is 383 g/mol. The van der Waals surface area contributed by atoms with E-state index in [1.165, 1.54) is 12.8 Å². The summed E-state index contributed by atoms with van der Waals surface area (Å²) >= 11 is 0. The highest BCUT2D eigenvalue weighted by Crippen LogP contribution is 2.43. The summed E-state index contributed by atoms with van der Waals surface area (Å²) in [6, 6.07) is 0. The number of likely N-dealkylation sites (N-methyl/N-ethyl adjacent to an activating group) is 1. The molecule has 0 aromatic heterocycles. The van der Waals surface area contributed by atoms with Gasteiger partial charge < -0.3 is 14.5 Å². The maximum Gasteiger partial charge on any atom is 0.225 e. The van der Waals surface area contributed by atoms with Gasteiger partial charge in [0, 0.05) is 50.1 Å². The van der Waals surface area contributed by atoms with Crippen LogP contribution in [0.5, 0.6) is 0 Å². The minimum atomic E-state index is 0.119. The summed E-state index contributed by atoms with van der Waals surface area (Å²) in [5.41, 5.74) is 0.364. The molecule has 158 valence electrons. The fraction of sp³-hybridized carbons (Fsp3) is 0.905. The lowest BCUT2D eigenvalue weighted by Crippen LogP contribution is -2.55. The fourth-order valence-corrected chi connectivity index (χ4v) is 3.45. The largest absolute Gasteiger partial charge is 0.378 e. The molecule has 0 unspecified atom stereocenters. The first-order chi connectivity index (χ1) is 12.8. The molecular formula is C21H41N3O3. The van der Waals surface area contributed by atoms with Gasteiger partial charge in [0.2, 0.25) is 11.8 Å². The van der Waals surface area contributed by atoms with Crippen LogP contribution in [0.4, 0.5) is 0 Å². The second-order valence-electron chi connectivity index (χ2n) is 8.15. The number of nitrogens with zero attached hydrogens (tertiary/aromatic N) is 3. The van der Waals surface area contributed by atoms with Crippen molar-refractivity contribution in [2.24, 2.45) is 11.8 Å². The molecule has 2 heterocycles. The molecule has 0 bridgehead atoms. The van der Waals surface area contributed by atoms with Gasteiger partial charge >= 0.3 is 0 Å². The summed E-state index contributed by atoms with van der Waals surface area (Å²) in [5.74, 6) is 0.833. The number of carbonyl (C=O) groups excluding carboxylic acids is 2. The molecule has 3 aliphatic rings. The highest BCUT2D eigenvalue weighted by Gasteiger charge is 2.50. The number of hydrogen-bond donors (Lipinski definition) is 0.